The molecule has 2 heteroatoms. The Labute approximate surface area is 105 Å². The van der Waals surface area contributed by atoms with E-state index in [1.165, 1.54) is 41.0 Å². The number of benzene rings is 2. The summed E-state index contributed by atoms with van der Waals surface area (Å²) in [6, 6.07) is 11.9. The molecule has 0 aliphatic carbocycles. The summed E-state index contributed by atoms with van der Waals surface area (Å²) in [5.74, 6) is 2.77. The highest BCUT2D eigenvalue weighted by Crippen LogP contribution is 2.32. The second kappa shape index (κ2) is 4.61. The molecular formula is C15H16OS. The third kappa shape index (κ3) is 2.02. The van der Waals surface area contributed by atoms with Gasteiger partial charge in [-0.25, -0.2) is 0 Å². The second-order valence-corrected chi connectivity index (χ2v) is 6.81. The van der Waals surface area contributed by atoms with Crippen molar-refractivity contribution in [1.29, 1.82) is 0 Å². The molecule has 17 heavy (non-hydrogen) atoms. The fourth-order valence-electron chi connectivity index (χ4n) is 2.55. The Morgan fingerprint density at radius 1 is 0.824 bits per heavy atom. The minimum atomic E-state index is 0.157. The van der Waals surface area contributed by atoms with Crippen LogP contribution in [0, 0.1) is 0 Å². The van der Waals surface area contributed by atoms with Gasteiger partial charge in [0.05, 0.1) is 0 Å². The highest BCUT2D eigenvalue weighted by atomic mass is 32.2. The van der Waals surface area contributed by atoms with Gasteiger partial charge in [0.2, 0.25) is 0 Å². The molecule has 0 aromatic heterocycles. The molecule has 2 aromatic rings. The number of rotatable bonds is 1. The molecule has 88 valence electrons. The van der Waals surface area contributed by atoms with Gasteiger partial charge < -0.3 is 5.11 Å². The lowest BCUT2D eigenvalue weighted by Crippen LogP contribution is -2.18. The zero-order valence-corrected chi connectivity index (χ0v) is 10.6. The molecule has 0 radical (unpaired) electrons. The van der Waals surface area contributed by atoms with Crippen molar-refractivity contribution in [3.05, 3.63) is 36.4 Å². The first-order chi connectivity index (χ1) is 8.36. The van der Waals surface area contributed by atoms with Crippen LogP contribution in [0.3, 0.4) is 0 Å². The molecular weight excluding hydrogens is 228 g/mol. The monoisotopic (exact) mass is 244 g/mol. The number of fused-ring (bicyclic) bond motifs is 1. The first-order valence-electron chi connectivity index (χ1n) is 6.22. The van der Waals surface area contributed by atoms with Crippen LogP contribution in [0.5, 0.6) is 5.75 Å². The van der Waals surface area contributed by atoms with Crippen LogP contribution in [0.15, 0.2) is 41.3 Å². The van der Waals surface area contributed by atoms with E-state index in [2.05, 4.69) is 12.1 Å². The Balaban J connectivity index is 2.12. The Morgan fingerprint density at radius 3 is 2.29 bits per heavy atom. The average Bonchev–Trinajstić information content (AvgIpc) is 2.41. The SMILES string of the molecule is [O-]c1ccc([S+]2CCCCC2)c2ccccc12. The molecule has 0 saturated carbocycles. The van der Waals surface area contributed by atoms with Crippen LogP contribution in [0.1, 0.15) is 19.3 Å². The molecule has 1 heterocycles. The van der Waals surface area contributed by atoms with Crippen molar-refractivity contribution in [2.75, 3.05) is 11.5 Å². The molecule has 0 bridgehead atoms. The summed E-state index contributed by atoms with van der Waals surface area (Å²) in [6.07, 6.45) is 4.06. The predicted molar refractivity (Wildman–Crippen MR) is 72.6 cm³/mol. The van der Waals surface area contributed by atoms with Gasteiger partial charge in [-0.3, -0.25) is 0 Å². The van der Waals surface area contributed by atoms with Crippen molar-refractivity contribution < 1.29 is 5.11 Å². The summed E-state index contributed by atoms with van der Waals surface area (Å²) in [4.78, 5) is 1.42. The maximum Gasteiger partial charge on any atom is 0.162 e. The zero-order chi connectivity index (χ0) is 11.7. The van der Waals surface area contributed by atoms with E-state index in [9.17, 15) is 5.11 Å². The van der Waals surface area contributed by atoms with Gasteiger partial charge in [0.15, 0.2) is 4.90 Å². The van der Waals surface area contributed by atoms with Crippen LogP contribution >= 0.6 is 0 Å². The van der Waals surface area contributed by atoms with Crippen molar-refractivity contribution >= 4 is 21.7 Å². The summed E-state index contributed by atoms with van der Waals surface area (Å²) >= 11 is 0. The van der Waals surface area contributed by atoms with Crippen molar-refractivity contribution in [1.82, 2.24) is 0 Å². The maximum absolute atomic E-state index is 11.8. The van der Waals surface area contributed by atoms with E-state index in [0.717, 1.165) is 5.39 Å². The molecule has 3 rings (SSSR count). The van der Waals surface area contributed by atoms with Crippen molar-refractivity contribution in [3.63, 3.8) is 0 Å². The van der Waals surface area contributed by atoms with Gasteiger partial charge in [0.25, 0.3) is 0 Å². The lowest BCUT2D eigenvalue weighted by molar-refractivity contribution is -0.265. The quantitative estimate of drug-likeness (QED) is 0.707. The van der Waals surface area contributed by atoms with Gasteiger partial charge in [-0.2, -0.15) is 0 Å². The summed E-state index contributed by atoms with van der Waals surface area (Å²) < 4.78 is 0. The van der Waals surface area contributed by atoms with Crippen molar-refractivity contribution in [3.8, 4) is 5.75 Å². The van der Waals surface area contributed by atoms with E-state index in [-0.39, 0.29) is 5.75 Å². The first-order valence-corrected chi connectivity index (χ1v) is 7.79. The summed E-state index contributed by atoms with van der Waals surface area (Å²) in [7, 11) is 0.370. The summed E-state index contributed by atoms with van der Waals surface area (Å²) in [5, 5.41) is 13.9. The maximum atomic E-state index is 11.8. The zero-order valence-electron chi connectivity index (χ0n) is 9.82. The number of hydrogen-bond donors (Lipinski definition) is 0. The third-order valence-electron chi connectivity index (χ3n) is 3.44. The van der Waals surface area contributed by atoms with Crippen molar-refractivity contribution in [2.45, 2.75) is 24.2 Å². The van der Waals surface area contributed by atoms with E-state index in [4.69, 9.17) is 0 Å². The lowest BCUT2D eigenvalue weighted by atomic mass is 10.1. The molecule has 1 aliphatic rings. The summed E-state index contributed by atoms with van der Waals surface area (Å²) in [6.45, 7) is 0. The third-order valence-corrected chi connectivity index (χ3v) is 5.98. The Hall–Kier alpha value is -1.15. The molecule has 1 aliphatic heterocycles. The molecule has 0 spiro atoms. The molecule has 1 saturated heterocycles. The van der Waals surface area contributed by atoms with E-state index in [1.807, 2.05) is 18.2 Å². The van der Waals surface area contributed by atoms with E-state index in [0.29, 0.717) is 10.9 Å². The fourth-order valence-corrected chi connectivity index (χ4v) is 5.05. The van der Waals surface area contributed by atoms with Gasteiger partial charge in [-0.15, -0.1) is 5.75 Å². The van der Waals surface area contributed by atoms with Crippen LogP contribution < -0.4 is 5.11 Å². The van der Waals surface area contributed by atoms with Gasteiger partial charge in [0, 0.05) is 16.3 Å². The molecule has 1 fully saturated rings. The highest BCUT2D eigenvalue weighted by Gasteiger charge is 2.26. The van der Waals surface area contributed by atoms with Gasteiger partial charge in [-0.05, 0) is 36.8 Å². The Morgan fingerprint density at radius 2 is 1.53 bits per heavy atom. The van der Waals surface area contributed by atoms with Crippen LogP contribution in [0.4, 0.5) is 0 Å². The molecule has 0 amide bonds. The molecule has 0 unspecified atom stereocenters. The van der Waals surface area contributed by atoms with Crippen molar-refractivity contribution in [2.24, 2.45) is 0 Å². The fraction of sp³-hybridized carbons (Fsp3) is 0.333. The largest absolute Gasteiger partial charge is 0.872 e. The Kier molecular flexibility index (Phi) is 2.98. The predicted octanol–water partition coefficient (Wildman–Crippen LogP) is 3.07. The first kappa shape index (κ1) is 11.0. The van der Waals surface area contributed by atoms with Crippen LogP contribution in [0.25, 0.3) is 10.8 Å². The minimum Gasteiger partial charge on any atom is -0.872 e. The van der Waals surface area contributed by atoms with E-state index < -0.39 is 0 Å². The van der Waals surface area contributed by atoms with E-state index >= 15 is 0 Å². The molecule has 0 N–H and O–H groups in total. The number of hydrogen-bond acceptors (Lipinski definition) is 1. The minimum absolute atomic E-state index is 0.157. The van der Waals surface area contributed by atoms with Crippen LogP contribution in [-0.2, 0) is 10.9 Å². The standard InChI is InChI=1S/C15H16OS/c16-14-8-9-15(17-10-4-1-5-11-17)13-7-3-2-6-12(13)14/h2-3,6-9H,1,4-5,10-11H2. The van der Waals surface area contributed by atoms with Crippen LogP contribution in [0.2, 0.25) is 0 Å². The summed E-state index contributed by atoms with van der Waals surface area (Å²) in [5.41, 5.74) is 0. The Bertz CT molecular complexity index is 529. The second-order valence-electron chi connectivity index (χ2n) is 4.57. The van der Waals surface area contributed by atoms with Gasteiger partial charge in [-0.1, -0.05) is 24.3 Å². The molecule has 0 atom stereocenters. The average molecular weight is 244 g/mol. The van der Waals surface area contributed by atoms with E-state index in [1.54, 1.807) is 6.07 Å². The molecule has 2 aromatic carbocycles. The van der Waals surface area contributed by atoms with Gasteiger partial charge >= 0.3 is 0 Å². The highest BCUT2D eigenvalue weighted by molar-refractivity contribution is 7.97. The van der Waals surface area contributed by atoms with Gasteiger partial charge in [0.1, 0.15) is 11.5 Å². The smallest absolute Gasteiger partial charge is 0.162 e. The molecule has 1 nitrogen and oxygen atoms in total. The van der Waals surface area contributed by atoms with Crippen LogP contribution in [-0.4, -0.2) is 11.5 Å². The normalized spacial score (nSPS) is 17.4. The topological polar surface area (TPSA) is 23.1 Å². The lowest BCUT2D eigenvalue weighted by Gasteiger charge is -2.17.